The van der Waals surface area contributed by atoms with E-state index in [1.807, 2.05) is 19.1 Å². The van der Waals surface area contributed by atoms with Crippen LogP contribution in [0.5, 0.6) is 5.88 Å². The van der Waals surface area contributed by atoms with E-state index in [4.69, 9.17) is 4.74 Å². The smallest absolute Gasteiger partial charge is 0.234 e. The molecule has 5 nitrogen and oxygen atoms in total. The van der Waals surface area contributed by atoms with E-state index in [1.165, 1.54) is 0 Å². The minimum atomic E-state index is -0.0278. The fourth-order valence-corrected chi connectivity index (χ4v) is 1.97. The van der Waals surface area contributed by atoms with Gasteiger partial charge in [-0.05, 0) is 37.9 Å². The van der Waals surface area contributed by atoms with Gasteiger partial charge in [-0.3, -0.25) is 4.79 Å². The van der Waals surface area contributed by atoms with E-state index < -0.39 is 0 Å². The van der Waals surface area contributed by atoms with Gasteiger partial charge in [0.05, 0.1) is 12.6 Å². The molecule has 1 unspecified atom stereocenters. The van der Waals surface area contributed by atoms with Gasteiger partial charge in [0.25, 0.3) is 0 Å². The zero-order valence-electron chi connectivity index (χ0n) is 13.2. The number of carbonyl (C=O) groups is 1. The van der Waals surface area contributed by atoms with Crippen LogP contribution < -0.4 is 15.4 Å². The van der Waals surface area contributed by atoms with Crippen molar-refractivity contribution in [3.63, 3.8) is 0 Å². The molecular weight excluding hydrogens is 290 g/mol. The number of nitrogens with zero attached hydrogens (tertiary/aromatic N) is 1. The first kappa shape index (κ1) is 19.7. The molecule has 0 aliphatic carbocycles. The second kappa shape index (κ2) is 10.4. The summed E-state index contributed by atoms with van der Waals surface area (Å²) >= 11 is 0. The summed E-state index contributed by atoms with van der Waals surface area (Å²) in [6.07, 6.45) is 2.83. The molecule has 0 aliphatic rings. The summed E-state index contributed by atoms with van der Waals surface area (Å²) in [6, 6.07) is 3.75. The van der Waals surface area contributed by atoms with Crippen molar-refractivity contribution in [2.75, 3.05) is 13.6 Å². The standard InChI is InChI=1S/C15H25N3O2.ClH/c1-11(2)7-12(3)20-15-8-13(5-6-17-15)9-18-14(19)10-16-4;/h5-6,8,11-12,16H,7,9-10H2,1-4H3,(H,18,19);1H. The molecule has 0 saturated carbocycles. The van der Waals surface area contributed by atoms with Crippen LogP contribution in [-0.4, -0.2) is 30.6 Å². The molecule has 0 aliphatic heterocycles. The van der Waals surface area contributed by atoms with Crippen molar-refractivity contribution >= 4 is 18.3 Å². The number of ether oxygens (including phenoxy) is 1. The molecule has 1 aromatic rings. The quantitative estimate of drug-likeness (QED) is 0.771. The van der Waals surface area contributed by atoms with Crippen LogP contribution >= 0.6 is 12.4 Å². The van der Waals surface area contributed by atoms with E-state index in [2.05, 4.69) is 29.5 Å². The van der Waals surface area contributed by atoms with E-state index in [-0.39, 0.29) is 24.4 Å². The molecule has 1 heterocycles. The van der Waals surface area contributed by atoms with Crippen LogP contribution in [0.2, 0.25) is 0 Å². The number of nitrogens with one attached hydrogen (secondary N) is 2. The maximum absolute atomic E-state index is 11.4. The van der Waals surface area contributed by atoms with Gasteiger partial charge in [-0.1, -0.05) is 13.8 Å². The highest BCUT2D eigenvalue weighted by molar-refractivity contribution is 5.85. The normalized spacial score (nSPS) is 11.7. The summed E-state index contributed by atoms with van der Waals surface area (Å²) in [5.74, 6) is 1.17. The van der Waals surface area contributed by atoms with E-state index in [9.17, 15) is 4.79 Å². The number of amides is 1. The Bertz CT molecular complexity index is 427. The number of carbonyl (C=O) groups excluding carboxylic acids is 1. The molecule has 0 aromatic carbocycles. The second-order valence-electron chi connectivity index (χ2n) is 5.37. The van der Waals surface area contributed by atoms with Crippen molar-refractivity contribution < 1.29 is 9.53 Å². The first-order valence-electron chi connectivity index (χ1n) is 7.04. The monoisotopic (exact) mass is 315 g/mol. The summed E-state index contributed by atoms with van der Waals surface area (Å²) in [6.45, 7) is 7.18. The Morgan fingerprint density at radius 1 is 1.38 bits per heavy atom. The molecule has 0 bridgehead atoms. The van der Waals surface area contributed by atoms with Gasteiger partial charge >= 0.3 is 0 Å². The summed E-state index contributed by atoms with van der Waals surface area (Å²) in [7, 11) is 1.74. The number of pyridine rings is 1. The van der Waals surface area contributed by atoms with E-state index in [0.717, 1.165) is 12.0 Å². The van der Waals surface area contributed by atoms with Crippen molar-refractivity contribution in [3.8, 4) is 5.88 Å². The predicted molar refractivity (Wildman–Crippen MR) is 86.8 cm³/mol. The molecule has 1 atom stereocenters. The van der Waals surface area contributed by atoms with Gasteiger partial charge in [-0.2, -0.15) is 0 Å². The van der Waals surface area contributed by atoms with Crippen LogP contribution in [0, 0.1) is 5.92 Å². The SMILES string of the molecule is CNCC(=O)NCc1ccnc(OC(C)CC(C)C)c1.Cl. The summed E-state index contributed by atoms with van der Waals surface area (Å²) in [5, 5.41) is 5.64. The fourth-order valence-electron chi connectivity index (χ4n) is 1.97. The van der Waals surface area contributed by atoms with Crippen molar-refractivity contribution in [3.05, 3.63) is 23.9 Å². The third-order valence-corrected chi connectivity index (χ3v) is 2.75. The van der Waals surface area contributed by atoms with Gasteiger partial charge < -0.3 is 15.4 Å². The molecule has 0 saturated heterocycles. The first-order chi connectivity index (χ1) is 9.51. The highest BCUT2D eigenvalue weighted by atomic mass is 35.5. The fraction of sp³-hybridized carbons (Fsp3) is 0.600. The minimum absolute atomic E-state index is 0. The molecule has 1 rings (SSSR count). The summed E-state index contributed by atoms with van der Waals surface area (Å²) in [5.41, 5.74) is 0.983. The first-order valence-corrected chi connectivity index (χ1v) is 7.04. The van der Waals surface area contributed by atoms with E-state index in [0.29, 0.717) is 24.9 Å². The van der Waals surface area contributed by atoms with Crippen LogP contribution in [-0.2, 0) is 11.3 Å². The zero-order valence-corrected chi connectivity index (χ0v) is 14.0. The van der Waals surface area contributed by atoms with Gasteiger partial charge in [0, 0.05) is 18.8 Å². The van der Waals surface area contributed by atoms with Crippen LogP contribution in [0.1, 0.15) is 32.8 Å². The average molecular weight is 316 g/mol. The number of hydrogen-bond donors (Lipinski definition) is 2. The Hall–Kier alpha value is -1.33. The molecular formula is C15H26ClN3O2. The van der Waals surface area contributed by atoms with E-state index >= 15 is 0 Å². The highest BCUT2D eigenvalue weighted by Gasteiger charge is 2.08. The Labute approximate surface area is 133 Å². The lowest BCUT2D eigenvalue weighted by molar-refractivity contribution is -0.120. The lowest BCUT2D eigenvalue weighted by atomic mass is 10.1. The average Bonchev–Trinajstić information content (AvgIpc) is 2.36. The Kier molecular flexibility index (Phi) is 9.75. The van der Waals surface area contributed by atoms with Crippen LogP contribution in [0.4, 0.5) is 0 Å². The van der Waals surface area contributed by atoms with Crippen molar-refractivity contribution in [2.24, 2.45) is 5.92 Å². The molecule has 21 heavy (non-hydrogen) atoms. The lowest BCUT2D eigenvalue weighted by Gasteiger charge is -2.16. The number of hydrogen-bond acceptors (Lipinski definition) is 4. The Morgan fingerprint density at radius 2 is 2.10 bits per heavy atom. The summed E-state index contributed by atoms with van der Waals surface area (Å²) in [4.78, 5) is 15.6. The molecule has 1 aromatic heterocycles. The zero-order chi connectivity index (χ0) is 15.0. The molecule has 1 amide bonds. The molecule has 0 fully saturated rings. The van der Waals surface area contributed by atoms with Crippen LogP contribution in [0.25, 0.3) is 0 Å². The molecule has 120 valence electrons. The number of halogens is 1. The summed E-state index contributed by atoms with van der Waals surface area (Å²) < 4.78 is 5.78. The van der Waals surface area contributed by atoms with Gasteiger partial charge in [0.2, 0.25) is 11.8 Å². The Morgan fingerprint density at radius 3 is 2.71 bits per heavy atom. The van der Waals surface area contributed by atoms with Gasteiger partial charge in [0.15, 0.2) is 0 Å². The molecule has 0 spiro atoms. The van der Waals surface area contributed by atoms with Crippen LogP contribution in [0.3, 0.4) is 0 Å². The van der Waals surface area contributed by atoms with Crippen molar-refractivity contribution in [1.29, 1.82) is 0 Å². The van der Waals surface area contributed by atoms with Gasteiger partial charge in [-0.25, -0.2) is 4.98 Å². The molecule has 6 heteroatoms. The number of rotatable bonds is 8. The minimum Gasteiger partial charge on any atom is -0.475 e. The second-order valence-corrected chi connectivity index (χ2v) is 5.37. The van der Waals surface area contributed by atoms with Gasteiger partial charge in [0.1, 0.15) is 0 Å². The third kappa shape index (κ3) is 8.52. The molecule has 0 radical (unpaired) electrons. The Balaban J connectivity index is 0.00000400. The largest absolute Gasteiger partial charge is 0.475 e. The predicted octanol–water partition coefficient (Wildman–Crippen LogP) is 2.15. The topological polar surface area (TPSA) is 63.2 Å². The van der Waals surface area contributed by atoms with Crippen molar-refractivity contribution in [1.82, 2.24) is 15.6 Å². The number of likely N-dealkylation sites (N-methyl/N-ethyl adjacent to an activating group) is 1. The van der Waals surface area contributed by atoms with Crippen LogP contribution in [0.15, 0.2) is 18.3 Å². The lowest BCUT2D eigenvalue weighted by Crippen LogP contribution is -2.31. The maximum Gasteiger partial charge on any atom is 0.234 e. The molecule has 2 N–H and O–H groups in total. The maximum atomic E-state index is 11.4. The highest BCUT2D eigenvalue weighted by Crippen LogP contribution is 2.14. The third-order valence-electron chi connectivity index (χ3n) is 2.75. The van der Waals surface area contributed by atoms with E-state index in [1.54, 1.807) is 13.2 Å². The van der Waals surface area contributed by atoms with Crippen molar-refractivity contribution in [2.45, 2.75) is 39.8 Å². The number of aromatic nitrogens is 1. The van der Waals surface area contributed by atoms with Gasteiger partial charge in [-0.15, -0.1) is 12.4 Å².